The maximum absolute atomic E-state index is 6.39. The number of fused-ring (bicyclic) bond motifs is 5. The summed E-state index contributed by atoms with van der Waals surface area (Å²) in [5.41, 5.74) is 2.08. The zero-order valence-electron chi connectivity index (χ0n) is 24.3. The number of aliphatic imine (C=N–C) groups is 1. The molecule has 205 valence electrons. The molecule has 0 heterocycles. The van der Waals surface area contributed by atoms with E-state index in [1.807, 2.05) is 30.3 Å². The Morgan fingerprint density at radius 3 is 2.41 bits per heavy atom. The summed E-state index contributed by atoms with van der Waals surface area (Å²) in [5, 5.41) is 0. The fourth-order valence-electron chi connectivity index (χ4n) is 10.1. The molecule has 0 amide bonds. The van der Waals surface area contributed by atoms with Crippen LogP contribution in [0.2, 0.25) is 0 Å². The van der Waals surface area contributed by atoms with Gasteiger partial charge in [-0.25, -0.2) is 0 Å². The van der Waals surface area contributed by atoms with Crippen molar-refractivity contribution >= 4 is 26.5 Å². The number of benzene rings is 1. The van der Waals surface area contributed by atoms with Gasteiger partial charge in [0.2, 0.25) is 0 Å². The summed E-state index contributed by atoms with van der Waals surface area (Å²) in [4.78, 5) is 5.38. The quantitative estimate of drug-likeness (QED) is 0.182. The van der Waals surface area contributed by atoms with E-state index >= 15 is 0 Å². The van der Waals surface area contributed by atoms with Crippen molar-refractivity contribution in [3.05, 3.63) is 30.3 Å². The molecule has 4 aliphatic carbocycles. The first-order chi connectivity index (χ1) is 17.7. The van der Waals surface area contributed by atoms with Gasteiger partial charge in [0.25, 0.3) is 0 Å². The molecule has 37 heavy (non-hydrogen) atoms. The van der Waals surface area contributed by atoms with Crippen molar-refractivity contribution < 1.29 is 4.74 Å². The Morgan fingerprint density at radius 1 is 0.919 bits per heavy atom. The summed E-state index contributed by atoms with van der Waals surface area (Å²) in [6, 6.07) is 10.2. The summed E-state index contributed by atoms with van der Waals surface area (Å²) in [5.74, 6) is 6.42. The van der Waals surface area contributed by atoms with Crippen molar-refractivity contribution in [2.75, 3.05) is 0 Å². The summed E-state index contributed by atoms with van der Waals surface area (Å²) in [6.07, 6.45) is 17.2. The Labute approximate surface area is 236 Å². The predicted molar refractivity (Wildman–Crippen MR) is 157 cm³/mol. The van der Waals surface area contributed by atoms with Gasteiger partial charge in [-0.15, -0.1) is 0 Å². The van der Waals surface area contributed by atoms with Gasteiger partial charge in [-0.3, -0.25) is 0 Å². The Bertz CT molecular complexity index is 929. The number of nitrogens with zero attached hydrogens (tertiary/aromatic N) is 1. The summed E-state index contributed by atoms with van der Waals surface area (Å²) >= 11 is 3.09. The number of rotatable bonds is 7. The minimum absolute atomic E-state index is 0.315. The van der Waals surface area contributed by atoms with Crippen LogP contribution < -0.4 is 0 Å². The van der Waals surface area contributed by atoms with Gasteiger partial charge in [-0.05, 0) is 5.92 Å². The molecule has 0 aliphatic heterocycles. The van der Waals surface area contributed by atoms with Crippen LogP contribution in [0.15, 0.2) is 35.3 Å². The van der Waals surface area contributed by atoms with E-state index in [0.717, 1.165) is 47.1 Å². The van der Waals surface area contributed by atoms with Gasteiger partial charge in [-0.1, -0.05) is 40.0 Å². The summed E-state index contributed by atoms with van der Waals surface area (Å²) < 4.78 is 6.39. The molecule has 4 saturated carbocycles. The zero-order chi connectivity index (χ0) is 26.2. The maximum atomic E-state index is 6.39. The second kappa shape index (κ2) is 11.4. The van der Waals surface area contributed by atoms with Crippen LogP contribution in [-0.4, -0.2) is 26.9 Å². The van der Waals surface area contributed by atoms with Gasteiger partial charge in [0, 0.05) is 0 Å². The summed E-state index contributed by atoms with van der Waals surface area (Å²) in [7, 11) is 0. The van der Waals surface area contributed by atoms with Crippen LogP contribution in [0.5, 0.6) is 0 Å². The molecule has 3 heteroatoms. The van der Waals surface area contributed by atoms with E-state index in [1.165, 1.54) is 77.0 Å². The van der Waals surface area contributed by atoms with Gasteiger partial charge in [-0.2, -0.15) is 0 Å². The van der Waals surface area contributed by atoms with Crippen molar-refractivity contribution in [3.63, 3.8) is 0 Å². The number of ether oxygens (including phenoxy) is 1. The molecule has 2 nitrogen and oxygen atoms in total. The fourth-order valence-corrected chi connectivity index (χ4v) is 10.6. The third-order valence-electron chi connectivity index (χ3n) is 12.1. The molecule has 0 saturated heterocycles. The van der Waals surface area contributed by atoms with Crippen molar-refractivity contribution in [2.24, 2.45) is 57.2 Å². The van der Waals surface area contributed by atoms with E-state index in [2.05, 4.69) is 55.6 Å². The van der Waals surface area contributed by atoms with Crippen LogP contribution in [0, 0.1) is 52.3 Å². The second-order valence-corrected chi connectivity index (χ2v) is 15.1. The molecule has 1 aromatic carbocycles. The van der Waals surface area contributed by atoms with Gasteiger partial charge < -0.3 is 0 Å². The Balaban J connectivity index is 1.21. The summed E-state index contributed by atoms with van der Waals surface area (Å²) in [6.45, 7) is 12.8. The average molecular weight is 570 g/mol. The topological polar surface area (TPSA) is 21.6 Å². The molecule has 0 bridgehead atoms. The van der Waals surface area contributed by atoms with Gasteiger partial charge >= 0.3 is 191 Å². The van der Waals surface area contributed by atoms with E-state index in [1.54, 1.807) is 0 Å². The molecule has 1 aromatic rings. The molecular weight excluding hydrogens is 517 g/mol. The molecule has 0 aromatic heterocycles. The van der Waals surface area contributed by atoms with Crippen LogP contribution >= 0.6 is 0 Å². The molecule has 0 N–H and O–H groups in total. The van der Waals surface area contributed by atoms with Gasteiger partial charge in [0.15, 0.2) is 0 Å². The molecule has 0 spiro atoms. The van der Waals surface area contributed by atoms with E-state index in [4.69, 9.17) is 4.74 Å². The predicted octanol–water partition coefficient (Wildman–Crippen LogP) is 9.35. The first kappa shape index (κ1) is 27.8. The first-order valence-corrected chi connectivity index (χ1v) is 16.5. The van der Waals surface area contributed by atoms with E-state index in [-0.39, 0.29) is 0 Å². The van der Waals surface area contributed by atoms with Crippen LogP contribution in [0.1, 0.15) is 112 Å². The Kier molecular flexibility index (Phi) is 8.53. The normalized spacial score (nSPS) is 40.5. The third-order valence-corrected chi connectivity index (χ3v) is 12.5. The average Bonchev–Trinajstić information content (AvgIpc) is 3.22. The van der Waals surface area contributed by atoms with Gasteiger partial charge in [0.1, 0.15) is 0 Å². The zero-order valence-corrected chi connectivity index (χ0v) is 26.0. The minimum atomic E-state index is 0.315. The van der Waals surface area contributed by atoms with Crippen molar-refractivity contribution in [2.45, 2.75) is 118 Å². The van der Waals surface area contributed by atoms with E-state index in [9.17, 15) is 0 Å². The number of hydrogen-bond acceptors (Lipinski definition) is 2. The monoisotopic (exact) mass is 570 g/mol. The molecule has 4 fully saturated rings. The second-order valence-electron chi connectivity index (χ2n) is 14.4. The van der Waals surface area contributed by atoms with Crippen molar-refractivity contribution in [1.82, 2.24) is 0 Å². The third kappa shape index (κ3) is 5.61. The van der Waals surface area contributed by atoms with Crippen LogP contribution in [0.3, 0.4) is 0 Å². The molecular formula is C34H52NOSe. The van der Waals surface area contributed by atoms with Gasteiger partial charge in [0.05, 0.1) is 0 Å². The standard InChI is InChI=1S/C34H52NOSe/c1-23(2)10-9-11-24(3)29-16-17-30-28-15-14-25-22-27(36-32(37)35-26-12-7-6-8-13-26)18-20-33(25,4)31(28)19-21-34(29,30)5/h6-8,12-13,23-25,27-31H,9-11,14-22H2,1-5H3/t24-,25-,27-,28-,29+,30-,31-,33-,34+/m0/s1. The molecule has 9 atom stereocenters. The molecule has 1 radical (unpaired) electrons. The first-order valence-electron chi connectivity index (χ1n) is 15.7. The van der Waals surface area contributed by atoms with Crippen LogP contribution in [0.25, 0.3) is 0 Å². The number of hydrogen-bond donors (Lipinski definition) is 0. The SMILES string of the molecule is CC(C)CCC[C@H](C)[C@H]1CC[C@H]2[C@@H]3CC[C@H]4C[C@@H](OC([Se])=Nc5ccccc5)CC[C@]4(C)[C@H]3CC[C@]12C. The molecule has 0 unspecified atom stereocenters. The number of para-hydroxylation sites is 1. The molecule has 5 rings (SSSR count). The van der Waals surface area contributed by atoms with Crippen LogP contribution in [0.4, 0.5) is 5.69 Å². The van der Waals surface area contributed by atoms with Crippen molar-refractivity contribution in [1.29, 1.82) is 0 Å². The molecule has 4 aliphatic rings. The van der Waals surface area contributed by atoms with E-state index in [0.29, 0.717) is 21.7 Å². The fraction of sp³-hybridized carbons (Fsp3) is 0.794. The Morgan fingerprint density at radius 2 is 1.65 bits per heavy atom. The Hall–Kier alpha value is -0.791. The van der Waals surface area contributed by atoms with Crippen LogP contribution in [-0.2, 0) is 4.74 Å². The van der Waals surface area contributed by atoms with E-state index < -0.39 is 0 Å². The van der Waals surface area contributed by atoms with Crippen molar-refractivity contribution in [3.8, 4) is 0 Å².